The summed E-state index contributed by atoms with van der Waals surface area (Å²) in [4.78, 5) is 73.8. The van der Waals surface area contributed by atoms with Gasteiger partial charge in [0.1, 0.15) is 34.2 Å². The highest BCUT2D eigenvalue weighted by atomic mass is 32.2. The number of hydrogen-bond donors (Lipinski definition) is 4. The SMILES string of the molecule is O=C(CCCCC(=O)N[C@@H]1C(=O)N2C(C(=O)O)=CCS[C@H]12)N[C@@H]1C(=O)N2C(C(=O)O)=CCS[C@H]12. The molecule has 4 atom stereocenters. The molecule has 182 valence electrons. The molecule has 2 saturated heterocycles. The third kappa shape index (κ3) is 4.39. The molecule has 0 aromatic heterocycles. The van der Waals surface area contributed by atoms with Crippen molar-refractivity contribution in [2.75, 3.05) is 11.5 Å². The summed E-state index contributed by atoms with van der Waals surface area (Å²) in [6.07, 6.45) is 3.89. The number of unbranched alkanes of at least 4 members (excludes halogenated alkanes) is 1. The number of thioether (sulfide) groups is 2. The first-order valence-corrected chi connectivity index (χ1v) is 12.7. The normalized spacial score (nSPS) is 27.3. The first kappa shape index (κ1) is 24.1. The summed E-state index contributed by atoms with van der Waals surface area (Å²) in [6, 6.07) is -1.54. The molecule has 0 saturated carbocycles. The lowest BCUT2D eigenvalue weighted by atomic mass is 10.0. The van der Waals surface area contributed by atoms with Gasteiger partial charge < -0.3 is 20.8 Å². The van der Waals surface area contributed by atoms with Gasteiger partial charge in [-0.3, -0.25) is 29.0 Å². The van der Waals surface area contributed by atoms with Crippen molar-refractivity contribution in [1.82, 2.24) is 20.4 Å². The first-order valence-electron chi connectivity index (χ1n) is 10.6. The number of fused-ring (bicyclic) bond motifs is 2. The van der Waals surface area contributed by atoms with E-state index in [0.29, 0.717) is 24.3 Å². The quantitative estimate of drug-likeness (QED) is 0.229. The monoisotopic (exact) mass is 510 g/mol. The molecule has 0 aliphatic carbocycles. The number of nitrogens with zero attached hydrogens (tertiary/aromatic N) is 2. The lowest BCUT2D eigenvalue weighted by molar-refractivity contribution is -0.150. The Hall–Kier alpha value is -3.00. The predicted octanol–water partition coefficient (Wildman–Crippen LogP) is -0.716. The highest BCUT2D eigenvalue weighted by Gasteiger charge is 2.53. The van der Waals surface area contributed by atoms with Crippen LogP contribution in [-0.2, 0) is 28.8 Å². The Morgan fingerprint density at radius 1 is 0.794 bits per heavy atom. The second-order valence-electron chi connectivity index (χ2n) is 7.95. The molecule has 4 heterocycles. The van der Waals surface area contributed by atoms with Crippen LogP contribution in [0.3, 0.4) is 0 Å². The standard InChI is InChI=1S/C20H22N4O8S2/c25-11(21-13-15(27)23-9(19(29)30)5-7-33-17(13)23)3-1-2-4-12(26)22-14-16(28)24-10(20(31)32)6-8-34-18(14)24/h5-6,13-14,17-18H,1-4,7-8H2,(H,21,25)(H,22,26)(H,29,30)(H,31,32)/t13-,14-,17-,18-/m1/s1. The smallest absolute Gasteiger partial charge is 0.352 e. The van der Waals surface area contributed by atoms with Gasteiger partial charge in [0, 0.05) is 24.3 Å². The molecule has 0 aromatic rings. The Kier molecular flexibility index (Phi) is 6.89. The summed E-state index contributed by atoms with van der Waals surface area (Å²) in [6.45, 7) is 0. The molecule has 0 aromatic carbocycles. The Balaban J connectivity index is 1.15. The zero-order valence-corrected chi connectivity index (χ0v) is 19.4. The van der Waals surface area contributed by atoms with Gasteiger partial charge in [0.05, 0.1) is 0 Å². The van der Waals surface area contributed by atoms with Crippen LogP contribution in [-0.4, -0.2) is 89.9 Å². The summed E-state index contributed by atoms with van der Waals surface area (Å²) in [5.41, 5.74) is -0.139. The zero-order valence-electron chi connectivity index (χ0n) is 17.8. The van der Waals surface area contributed by atoms with Crippen molar-refractivity contribution < 1.29 is 39.0 Å². The third-order valence-electron chi connectivity index (χ3n) is 5.82. The van der Waals surface area contributed by atoms with Crippen LogP contribution in [0.15, 0.2) is 23.5 Å². The minimum atomic E-state index is -1.18. The molecule has 0 bridgehead atoms. The lowest BCUT2D eigenvalue weighted by Crippen LogP contribution is -2.70. The number of carbonyl (C=O) groups is 6. The van der Waals surface area contributed by atoms with E-state index in [0.717, 1.165) is 0 Å². The Bertz CT molecular complexity index is 948. The summed E-state index contributed by atoms with van der Waals surface area (Å²) in [5, 5.41) is 22.7. The van der Waals surface area contributed by atoms with Gasteiger partial charge >= 0.3 is 11.9 Å². The molecule has 4 N–H and O–H groups in total. The molecule has 4 amide bonds. The summed E-state index contributed by atoms with van der Waals surface area (Å²) < 4.78 is 0. The van der Waals surface area contributed by atoms with Crippen molar-refractivity contribution in [3.8, 4) is 0 Å². The summed E-state index contributed by atoms with van der Waals surface area (Å²) >= 11 is 2.74. The molecular weight excluding hydrogens is 488 g/mol. The van der Waals surface area contributed by atoms with Crippen LogP contribution in [0.1, 0.15) is 25.7 Å². The number of amides is 4. The topological polar surface area (TPSA) is 173 Å². The fraction of sp³-hybridized carbons (Fsp3) is 0.500. The fourth-order valence-corrected chi connectivity index (χ4v) is 6.53. The highest BCUT2D eigenvalue weighted by Crippen LogP contribution is 2.38. The second-order valence-corrected chi connectivity index (χ2v) is 10.3. The first-order chi connectivity index (χ1) is 16.2. The maximum absolute atomic E-state index is 12.3. The number of carboxylic acid groups (broad SMARTS) is 2. The molecule has 4 rings (SSSR count). The van der Waals surface area contributed by atoms with E-state index in [9.17, 15) is 39.0 Å². The van der Waals surface area contributed by atoms with Crippen molar-refractivity contribution in [3.05, 3.63) is 23.5 Å². The minimum Gasteiger partial charge on any atom is -0.477 e. The van der Waals surface area contributed by atoms with E-state index in [2.05, 4.69) is 10.6 Å². The minimum absolute atomic E-state index is 0.0693. The fourth-order valence-electron chi connectivity index (χ4n) is 4.14. The van der Waals surface area contributed by atoms with Crippen LogP contribution in [0, 0.1) is 0 Å². The molecule has 4 aliphatic rings. The van der Waals surface area contributed by atoms with Gasteiger partial charge in [0.2, 0.25) is 11.8 Å². The number of β-lactam (4-membered cyclic amide) rings is 2. The van der Waals surface area contributed by atoms with Crippen molar-refractivity contribution in [3.63, 3.8) is 0 Å². The molecule has 34 heavy (non-hydrogen) atoms. The molecule has 12 nitrogen and oxygen atoms in total. The number of rotatable bonds is 9. The zero-order chi connectivity index (χ0) is 24.6. The average Bonchev–Trinajstić information content (AvgIpc) is 2.82. The van der Waals surface area contributed by atoms with Crippen LogP contribution >= 0.6 is 23.5 Å². The van der Waals surface area contributed by atoms with E-state index in [-0.39, 0.29) is 36.1 Å². The van der Waals surface area contributed by atoms with E-state index < -0.39 is 46.6 Å². The lowest BCUT2D eigenvalue weighted by Gasteiger charge is -2.48. The number of carboxylic acids is 2. The Morgan fingerprint density at radius 2 is 1.18 bits per heavy atom. The molecule has 14 heteroatoms. The van der Waals surface area contributed by atoms with Crippen molar-refractivity contribution in [2.24, 2.45) is 0 Å². The van der Waals surface area contributed by atoms with E-state index in [1.165, 1.54) is 45.5 Å². The second kappa shape index (κ2) is 9.70. The molecule has 0 unspecified atom stereocenters. The maximum Gasteiger partial charge on any atom is 0.352 e. The van der Waals surface area contributed by atoms with Crippen LogP contribution < -0.4 is 10.6 Å². The van der Waals surface area contributed by atoms with Gasteiger partial charge in [0.25, 0.3) is 11.8 Å². The molecular formula is C20H22N4O8S2. The number of aliphatic carboxylic acids is 2. The highest BCUT2D eigenvalue weighted by molar-refractivity contribution is 8.00. The maximum atomic E-state index is 12.3. The van der Waals surface area contributed by atoms with Gasteiger partial charge in [0.15, 0.2) is 0 Å². The van der Waals surface area contributed by atoms with Gasteiger partial charge in [-0.05, 0) is 25.0 Å². The van der Waals surface area contributed by atoms with Crippen LogP contribution in [0.2, 0.25) is 0 Å². The average molecular weight is 511 g/mol. The Labute approximate surface area is 202 Å². The number of nitrogens with one attached hydrogen (secondary N) is 2. The van der Waals surface area contributed by atoms with Gasteiger partial charge in [-0.25, -0.2) is 9.59 Å². The van der Waals surface area contributed by atoms with Crippen LogP contribution in [0.4, 0.5) is 0 Å². The molecule has 4 aliphatic heterocycles. The predicted molar refractivity (Wildman–Crippen MR) is 120 cm³/mol. The number of hydrogen-bond acceptors (Lipinski definition) is 8. The summed E-state index contributed by atoms with van der Waals surface area (Å²) in [7, 11) is 0. The molecule has 0 radical (unpaired) electrons. The van der Waals surface area contributed by atoms with Gasteiger partial charge in [-0.1, -0.05) is 0 Å². The van der Waals surface area contributed by atoms with E-state index >= 15 is 0 Å². The van der Waals surface area contributed by atoms with E-state index in [4.69, 9.17) is 0 Å². The Morgan fingerprint density at radius 3 is 1.53 bits per heavy atom. The van der Waals surface area contributed by atoms with E-state index in [1.54, 1.807) is 0 Å². The van der Waals surface area contributed by atoms with E-state index in [1.807, 2.05) is 0 Å². The van der Waals surface area contributed by atoms with Gasteiger partial charge in [-0.15, -0.1) is 23.5 Å². The van der Waals surface area contributed by atoms with Crippen molar-refractivity contribution in [2.45, 2.75) is 48.5 Å². The number of carbonyl (C=O) groups excluding carboxylic acids is 4. The van der Waals surface area contributed by atoms with Crippen molar-refractivity contribution in [1.29, 1.82) is 0 Å². The molecule has 0 spiro atoms. The van der Waals surface area contributed by atoms with Crippen LogP contribution in [0.5, 0.6) is 0 Å². The van der Waals surface area contributed by atoms with Crippen LogP contribution in [0.25, 0.3) is 0 Å². The third-order valence-corrected chi connectivity index (χ3v) is 8.19. The summed E-state index contributed by atoms with van der Waals surface area (Å²) in [5.74, 6) is -3.13. The van der Waals surface area contributed by atoms with Crippen molar-refractivity contribution >= 4 is 59.1 Å². The van der Waals surface area contributed by atoms with Gasteiger partial charge in [-0.2, -0.15) is 0 Å². The largest absolute Gasteiger partial charge is 0.477 e. The molecule has 2 fully saturated rings.